The molecule has 2 unspecified atom stereocenters. The summed E-state index contributed by atoms with van der Waals surface area (Å²) in [6, 6.07) is 14.5. The molecule has 2 aromatic carbocycles. The SMILES string of the molecule is CN[C@@H](Cc1ccccc1)C(=O)N[C@H](C(=O)N(C)[C@@H](Cc1ccccc1)C(=O)N(C)[C@@H](CC(C)C)C(=O)N(C)C(C)C1CC1=O)[C@@H](C)O. The van der Waals surface area contributed by atoms with Gasteiger partial charge in [0.15, 0.2) is 0 Å². The first-order chi connectivity index (χ1) is 22.7. The van der Waals surface area contributed by atoms with E-state index in [0.717, 1.165) is 11.1 Å². The van der Waals surface area contributed by atoms with Gasteiger partial charge in [-0.1, -0.05) is 74.5 Å². The van der Waals surface area contributed by atoms with E-state index < -0.39 is 48.0 Å². The molecule has 3 rings (SSSR count). The lowest BCUT2D eigenvalue weighted by atomic mass is 9.97. The quantitative estimate of drug-likeness (QED) is 0.236. The van der Waals surface area contributed by atoms with Gasteiger partial charge in [0.2, 0.25) is 23.6 Å². The molecule has 1 aliphatic rings. The number of ketones is 1. The number of hydrogen-bond donors (Lipinski definition) is 3. The highest BCUT2D eigenvalue weighted by molar-refractivity contribution is 5.98. The van der Waals surface area contributed by atoms with Crippen LogP contribution in [0.2, 0.25) is 0 Å². The second-order valence-corrected chi connectivity index (χ2v) is 13.5. The number of aliphatic hydroxyl groups is 1. The maximum Gasteiger partial charge on any atom is 0.248 e. The van der Waals surface area contributed by atoms with E-state index in [0.29, 0.717) is 19.3 Å². The molecule has 0 aliphatic heterocycles. The number of amides is 4. The minimum absolute atomic E-state index is 0.0678. The number of rotatable bonds is 17. The van der Waals surface area contributed by atoms with Crippen LogP contribution < -0.4 is 10.6 Å². The van der Waals surface area contributed by atoms with E-state index in [1.165, 1.54) is 23.8 Å². The van der Waals surface area contributed by atoms with Crippen molar-refractivity contribution >= 4 is 29.4 Å². The Kier molecular flexibility index (Phi) is 13.9. The van der Waals surface area contributed by atoms with E-state index in [4.69, 9.17) is 0 Å². The third kappa shape index (κ3) is 9.96. The minimum atomic E-state index is -1.33. The number of carbonyl (C=O) groups excluding carboxylic acids is 5. The first kappa shape index (κ1) is 38.4. The molecule has 1 fully saturated rings. The molecule has 0 saturated heterocycles. The van der Waals surface area contributed by atoms with Gasteiger partial charge in [-0.2, -0.15) is 0 Å². The molecular formula is C37H53N5O6. The number of carbonyl (C=O) groups is 5. The first-order valence-corrected chi connectivity index (χ1v) is 16.7. The molecule has 0 bridgehead atoms. The molecule has 0 spiro atoms. The second-order valence-electron chi connectivity index (χ2n) is 13.5. The molecule has 0 heterocycles. The summed E-state index contributed by atoms with van der Waals surface area (Å²) >= 11 is 0. The lowest BCUT2D eigenvalue weighted by molar-refractivity contribution is -0.152. The number of likely N-dealkylation sites (N-methyl/N-ethyl adjacent to an activating group) is 4. The number of Topliss-reactive ketones (excluding diaryl/α,β-unsaturated/α-hetero) is 1. The van der Waals surface area contributed by atoms with Gasteiger partial charge in [0.1, 0.15) is 23.9 Å². The van der Waals surface area contributed by atoms with E-state index in [1.807, 2.05) is 81.4 Å². The third-order valence-electron chi connectivity index (χ3n) is 9.38. The Morgan fingerprint density at radius 2 is 1.25 bits per heavy atom. The second kappa shape index (κ2) is 17.3. The predicted octanol–water partition coefficient (Wildman–Crippen LogP) is 2.06. The topological polar surface area (TPSA) is 139 Å². The molecule has 1 aliphatic carbocycles. The van der Waals surface area contributed by atoms with Gasteiger partial charge in [-0.3, -0.25) is 24.0 Å². The minimum Gasteiger partial charge on any atom is -0.391 e. The Balaban J connectivity index is 1.89. The van der Waals surface area contributed by atoms with Crippen LogP contribution in [0.4, 0.5) is 0 Å². The molecule has 262 valence electrons. The number of hydrogen-bond acceptors (Lipinski definition) is 7. The zero-order valence-electron chi connectivity index (χ0n) is 29.6. The summed E-state index contributed by atoms with van der Waals surface area (Å²) in [6.45, 7) is 7.20. The fraction of sp³-hybridized carbons (Fsp3) is 0.541. The van der Waals surface area contributed by atoms with Crippen molar-refractivity contribution in [1.29, 1.82) is 0 Å². The van der Waals surface area contributed by atoms with E-state index in [1.54, 1.807) is 26.0 Å². The highest BCUT2D eigenvalue weighted by Gasteiger charge is 2.44. The van der Waals surface area contributed by atoms with Crippen LogP contribution in [0.15, 0.2) is 60.7 Å². The summed E-state index contributed by atoms with van der Waals surface area (Å²) in [6.07, 6.45) is 0.0690. The third-order valence-corrected chi connectivity index (χ3v) is 9.38. The van der Waals surface area contributed by atoms with Crippen molar-refractivity contribution in [2.75, 3.05) is 28.2 Å². The van der Waals surface area contributed by atoms with Crippen molar-refractivity contribution in [3.8, 4) is 0 Å². The summed E-state index contributed by atoms with van der Waals surface area (Å²) in [4.78, 5) is 71.9. The van der Waals surface area contributed by atoms with Crippen molar-refractivity contribution in [2.24, 2.45) is 11.8 Å². The molecule has 0 aromatic heterocycles. The smallest absolute Gasteiger partial charge is 0.248 e. The van der Waals surface area contributed by atoms with Crippen LogP contribution in [0, 0.1) is 11.8 Å². The predicted molar refractivity (Wildman–Crippen MR) is 185 cm³/mol. The number of aliphatic hydroxyl groups excluding tert-OH is 1. The fourth-order valence-corrected chi connectivity index (χ4v) is 5.98. The Morgan fingerprint density at radius 1 is 0.771 bits per heavy atom. The van der Waals surface area contributed by atoms with Crippen molar-refractivity contribution in [3.63, 3.8) is 0 Å². The lowest BCUT2D eigenvalue weighted by Crippen LogP contribution is -2.61. The van der Waals surface area contributed by atoms with Crippen molar-refractivity contribution < 1.29 is 29.1 Å². The summed E-state index contributed by atoms with van der Waals surface area (Å²) in [5.41, 5.74) is 1.72. The van der Waals surface area contributed by atoms with Crippen LogP contribution in [0.3, 0.4) is 0 Å². The van der Waals surface area contributed by atoms with Crippen LogP contribution >= 0.6 is 0 Å². The van der Waals surface area contributed by atoms with Gasteiger partial charge in [-0.15, -0.1) is 0 Å². The molecular weight excluding hydrogens is 610 g/mol. The maximum absolute atomic E-state index is 14.4. The van der Waals surface area contributed by atoms with Crippen LogP contribution in [-0.2, 0) is 36.8 Å². The van der Waals surface area contributed by atoms with E-state index in [9.17, 15) is 29.1 Å². The van der Waals surface area contributed by atoms with Gasteiger partial charge >= 0.3 is 0 Å². The fourth-order valence-electron chi connectivity index (χ4n) is 5.98. The van der Waals surface area contributed by atoms with Gasteiger partial charge in [-0.25, -0.2) is 0 Å². The average molecular weight is 664 g/mol. The highest BCUT2D eigenvalue weighted by Crippen LogP contribution is 2.31. The summed E-state index contributed by atoms with van der Waals surface area (Å²) in [7, 11) is 6.36. The summed E-state index contributed by atoms with van der Waals surface area (Å²) < 4.78 is 0. The number of nitrogens with one attached hydrogen (secondary N) is 2. The van der Waals surface area contributed by atoms with Crippen molar-refractivity contribution in [2.45, 2.75) is 89.7 Å². The first-order valence-electron chi connectivity index (χ1n) is 16.7. The standard InChI is InChI=1S/C37H53N5O6/c1-23(2)19-30(35(46)40(6)24(3)28-22-32(28)44)41(7)36(47)31(21-27-17-13-10-14-18-27)42(8)37(48)33(25(4)43)39-34(45)29(38-5)20-26-15-11-9-12-16-26/h9-18,23-25,28-31,33,38,43H,19-22H2,1-8H3,(H,39,45)/t24?,25-,28?,29+,30+,31+,33+/m1/s1. The average Bonchev–Trinajstić information content (AvgIpc) is 3.81. The molecule has 11 nitrogen and oxygen atoms in total. The lowest BCUT2D eigenvalue weighted by Gasteiger charge is -2.38. The van der Waals surface area contributed by atoms with Gasteiger partial charge < -0.3 is 30.4 Å². The van der Waals surface area contributed by atoms with Crippen molar-refractivity contribution in [1.82, 2.24) is 25.3 Å². The molecule has 2 aromatic rings. The molecule has 4 amide bonds. The van der Waals surface area contributed by atoms with Gasteiger partial charge in [0.25, 0.3) is 0 Å². The zero-order valence-corrected chi connectivity index (χ0v) is 29.6. The highest BCUT2D eigenvalue weighted by atomic mass is 16.3. The molecule has 48 heavy (non-hydrogen) atoms. The Hall–Kier alpha value is -4.09. The number of nitrogens with zero attached hydrogens (tertiary/aromatic N) is 3. The van der Waals surface area contributed by atoms with Gasteiger partial charge in [0.05, 0.1) is 12.1 Å². The van der Waals surface area contributed by atoms with E-state index in [2.05, 4.69) is 10.6 Å². The summed E-state index contributed by atoms with van der Waals surface area (Å²) in [5, 5.41) is 16.4. The van der Waals surface area contributed by atoms with Crippen molar-refractivity contribution in [3.05, 3.63) is 71.8 Å². The van der Waals surface area contributed by atoms with E-state index >= 15 is 0 Å². The Bertz CT molecular complexity index is 1400. The van der Waals surface area contributed by atoms with E-state index in [-0.39, 0.29) is 36.0 Å². The van der Waals surface area contributed by atoms with Gasteiger partial charge in [0, 0.05) is 45.9 Å². The molecule has 7 atom stereocenters. The monoisotopic (exact) mass is 663 g/mol. The molecule has 1 saturated carbocycles. The zero-order chi connectivity index (χ0) is 35.7. The molecule has 11 heteroatoms. The largest absolute Gasteiger partial charge is 0.391 e. The van der Waals surface area contributed by atoms with Crippen LogP contribution in [-0.4, -0.2) is 114 Å². The maximum atomic E-state index is 14.4. The number of benzene rings is 2. The summed E-state index contributed by atoms with van der Waals surface area (Å²) in [5.74, 6) is -1.84. The molecule has 3 N–H and O–H groups in total. The van der Waals surface area contributed by atoms with Crippen LogP contribution in [0.25, 0.3) is 0 Å². The Labute approximate surface area is 285 Å². The van der Waals surface area contributed by atoms with Crippen LogP contribution in [0.1, 0.15) is 51.7 Å². The Morgan fingerprint density at radius 3 is 1.71 bits per heavy atom. The van der Waals surface area contributed by atoms with Crippen LogP contribution in [0.5, 0.6) is 0 Å². The normalized spacial score (nSPS) is 17.8. The van der Waals surface area contributed by atoms with Gasteiger partial charge in [-0.05, 0) is 50.8 Å². The molecule has 0 radical (unpaired) electrons.